The van der Waals surface area contributed by atoms with E-state index >= 15 is 0 Å². The largest absolute Gasteiger partial charge is 0.396 e. The summed E-state index contributed by atoms with van der Waals surface area (Å²) < 4.78 is 0. The van der Waals surface area contributed by atoms with Crippen LogP contribution in [0, 0.1) is 22.5 Å². The van der Waals surface area contributed by atoms with Crippen molar-refractivity contribution in [2.45, 2.75) is 40.2 Å². The molecule has 0 aliphatic heterocycles. The molecular weight excluding hydrogens is 256 g/mol. The lowest BCUT2D eigenvalue weighted by Crippen LogP contribution is -2.36. The molecule has 0 unspecified atom stereocenters. The molecule has 5 heteroatoms. The normalized spacial score (nSPS) is 11.6. The maximum atomic E-state index is 10.9. The molecule has 1 rings (SSSR count). The molecule has 1 aromatic rings. The average Bonchev–Trinajstić information content (AvgIpc) is 2.45. The van der Waals surface area contributed by atoms with Gasteiger partial charge in [0, 0.05) is 36.7 Å². The van der Waals surface area contributed by atoms with Crippen LogP contribution in [0.3, 0.4) is 0 Å². The second-order valence-electron chi connectivity index (χ2n) is 5.35. The first-order valence-electron chi connectivity index (χ1n) is 7.03. The van der Waals surface area contributed by atoms with Gasteiger partial charge in [-0.2, -0.15) is 0 Å². The summed E-state index contributed by atoms with van der Waals surface area (Å²) in [7, 11) is 0. The van der Waals surface area contributed by atoms with Crippen molar-refractivity contribution in [2.75, 3.05) is 13.2 Å². The first-order chi connectivity index (χ1) is 9.48. The van der Waals surface area contributed by atoms with E-state index in [1.54, 1.807) is 19.1 Å². The fourth-order valence-corrected chi connectivity index (χ4v) is 2.21. The molecule has 0 spiro atoms. The van der Waals surface area contributed by atoms with Gasteiger partial charge in [0.25, 0.3) is 5.69 Å². The van der Waals surface area contributed by atoms with E-state index in [4.69, 9.17) is 0 Å². The highest BCUT2D eigenvalue weighted by molar-refractivity contribution is 5.42. The number of benzene rings is 1. The Balaban J connectivity index is 2.67. The number of aliphatic hydroxyl groups is 1. The van der Waals surface area contributed by atoms with Crippen molar-refractivity contribution in [3.05, 3.63) is 39.4 Å². The minimum absolute atomic E-state index is 0.101. The Bertz CT molecular complexity index is 448. The van der Waals surface area contributed by atoms with E-state index < -0.39 is 0 Å². The number of nitro benzene ring substituents is 1. The van der Waals surface area contributed by atoms with Crippen molar-refractivity contribution in [1.29, 1.82) is 0 Å². The van der Waals surface area contributed by atoms with Gasteiger partial charge in [0.05, 0.1) is 4.92 Å². The highest BCUT2D eigenvalue weighted by atomic mass is 16.6. The average molecular weight is 280 g/mol. The van der Waals surface area contributed by atoms with Crippen LogP contribution >= 0.6 is 0 Å². The monoisotopic (exact) mass is 280 g/mol. The van der Waals surface area contributed by atoms with E-state index in [2.05, 4.69) is 19.2 Å². The number of nitrogens with one attached hydrogen (secondary N) is 1. The zero-order chi connectivity index (χ0) is 15.2. The molecule has 112 valence electrons. The van der Waals surface area contributed by atoms with Crippen LogP contribution in [0.2, 0.25) is 0 Å². The van der Waals surface area contributed by atoms with E-state index in [1.165, 1.54) is 0 Å². The molecule has 2 N–H and O–H groups in total. The van der Waals surface area contributed by atoms with Crippen molar-refractivity contribution in [3.8, 4) is 0 Å². The molecule has 0 amide bonds. The molecule has 0 heterocycles. The Hall–Kier alpha value is -1.46. The summed E-state index contributed by atoms with van der Waals surface area (Å²) in [6, 6.07) is 5.28. The van der Waals surface area contributed by atoms with Crippen LogP contribution in [0.5, 0.6) is 0 Å². The Morgan fingerprint density at radius 3 is 2.50 bits per heavy atom. The first-order valence-corrected chi connectivity index (χ1v) is 7.03. The molecule has 0 atom stereocenters. The molecule has 0 aromatic heterocycles. The summed E-state index contributed by atoms with van der Waals surface area (Å²) in [5.74, 6) is 0. The van der Waals surface area contributed by atoms with Gasteiger partial charge < -0.3 is 10.4 Å². The van der Waals surface area contributed by atoms with Crippen LogP contribution in [0.1, 0.15) is 37.8 Å². The molecule has 0 saturated heterocycles. The summed E-state index contributed by atoms with van der Waals surface area (Å²) in [6.07, 6.45) is 1.81. The van der Waals surface area contributed by atoms with Crippen molar-refractivity contribution in [3.63, 3.8) is 0 Å². The molecule has 0 radical (unpaired) electrons. The van der Waals surface area contributed by atoms with Crippen LogP contribution in [-0.4, -0.2) is 23.2 Å². The van der Waals surface area contributed by atoms with Crippen molar-refractivity contribution >= 4 is 5.69 Å². The highest BCUT2D eigenvalue weighted by Gasteiger charge is 2.24. The second-order valence-corrected chi connectivity index (χ2v) is 5.35. The van der Waals surface area contributed by atoms with Crippen LogP contribution in [0.15, 0.2) is 18.2 Å². The predicted octanol–water partition coefficient (Wildman–Crippen LogP) is 2.79. The fraction of sp³-hybridized carbons (Fsp3) is 0.600. The van der Waals surface area contributed by atoms with Gasteiger partial charge in [-0.15, -0.1) is 0 Å². The van der Waals surface area contributed by atoms with E-state index in [1.807, 2.05) is 6.07 Å². The maximum absolute atomic E-state index is 10.9. The Labute approximate surface area is 120 Å². The molecule has 0 bridgehead atoms. The third-order valence-electron chi connectivity index (χ3n) is 4.13. The smallest absolute Gasteiger partial charge is 0.272 e. The van der Waals surface area contributed by atoms with Crippen molar-refractivity contribution in [1.82, 2.24) is 5.32 Å². The molecule has 0 aliphatic rings. The molecule has 0 saturated carbocycles. The molecule has 1 aromatic carbocycles. The minimum Gasteiger partial charge on any atom is -0.396 e. The molecule has 0 fully saturated rings. The first kappa shape index (κ1) is 16.6. The summed E-state index contributed by atoms with van der Waals surface area (Å²) >= 11 is 0. The van der Waals surface area contributed by atoms with Gasteiger partial charge in [0.2, 0.25) is 0 Å². The predicted molar refractivity (Wildman–Crippen MR) is 79.6 cm³/mol. The van der Waals surface area contributed by atoms with Gasteiger partial charge >= 0.3 is 0 Å². The number of hydrogen-bond acceptors (Lipinski definition) is 4. The van der Waals surface area contributed by atoms with E-state index in [0.29, 0.717) is 18.7 Å². The molecule has 5 nitrogen and oxygen atoms in total. The van der Waals surface area contributed by atoms with Crippen LogP contribution < -0.4 is 5.32 Å². The highest BCUT2D eigenvalue weighted by Crippen LogP contribution is 2.25. The zero-order valence-corrected chi connectivity index (χ0v) is 12.5. The van der Waals surface area contributed by atoms with Crippen LogP contribution in [-0.2, 0) is 6.54 Å². The minimum atomic E-state index is -0.352. The third-order valence-corrected chi connectivity index (χ3v) is 4.13. The molecule has 20 heavy (non-hydrogen) atoms. The lowest BCUT2D eigenvalue weighted by Gasteiger charge is -2.29. The quantitative estimate of drug-likeness (QED) is 0.567. The fourth-order valence-electron chi connectivity index (χ4n) is 2.21. The third kappa shape index (κ3) is 4.02. The number of aryl methyl sites for hydroxylation is 1. The SMILES string of the molecule is CCC(CC)(CO)CNCc1ccc(C)c([N+](=O)[O-])c1. The van der Waals surface area contributed by atoms with Crippen LogP contribution in [0.4, 0.5) is 5.69 Å². The number of nitrogens with zero attached hydrogens (tertiary/aromatic N) is 1. The van der Waals surface area contributed by atoms with Gasteiger partial charge in [-0.05, 0) is 25.3 Å². The Morgan fingerprint density at radius 2 is 2.00 bits per heavy atom. The summed E-state index contributed by atoms with van der Waals surface area (Å²) in [5, 5.41) is 23.7. The van der Waals surface area contributed by atoms with Crippen molar-refractivity contribution < 1.29 is 10.0 Å². The van der Waals surface area contributed by atoms with E-state index in [-0.39, 0.29) is 22.6 Å². The topological polar surface area (TPSA) is 75.4 Å². The van der Waals surface area contributed by atoms with E-state index in [9.17, 15) is 15.2 Å². The van der Waals surface area contributed by atoms with Crippen molar-refractivity contribution in [2.24, 2.45) is 5.41 Å². The summed E-state index contributed by atoms with van der Waals surface area (Å²) in [5.41, 5.74) is 1.62. The van der Waals surface area contributed by atoms with E-state index in [0.717, 1.165) is 18.4 Å². The van der Waals surface area contributed by atoms with Gasteiger partial charge in [0.1, 0.15) is 0 Å². The summed E-state index contributed by atoms with van der Waals surface area (Å²) in [6.45, 7) is 7.30. The second kappa shape index (κ2) is 7.36. The summed E-state index contributed by atoms with van der Waals surface area (Å²) in [4.78, 5) is 10.5. The zero-order valence-electron chi connectivity index (χ0n) is 12.5. The van der Waals surface area contributed by atoms with Gasteiger partial charge in [0.15, 0.2) is 0 Å². The van der Waals surface area contributed by atoms with Gasteiger partial charge in [-0.3, -0.25) is 10.1 Å². The Kier molecular flexibility index (Phi) is 6.10. The number of nitro groups is 1. The van der Waals surface area contributed by atoms with Crippen LogP contribution in [0.25, 0.3) is 0 Å². The van der Waals surface area contributed by atoms with Gasteiger partial charge in [-0.25, -0.2) is 0 Å². The lowest BCUT2D eigenvalue weighted by molar-refractivity contribution is -0.385. The number of aliphatic hydroxyl groups excluding tert-OH is 1. The lowest BCUT2D eigenvalue weighted by atomic mass is 9.83. The molecule has 0 aliphatic carbocycles. The maximum Gasteiger partial charge on any atom is 0.272 e. The van der Waals surface area contributed by atoms with Gasteiger partial charge in [-0.1, -0.05) is 26.0 Å². The number of hydrogen-bond donors (Lipinski definition) is 2. The molecular formula is C15H24N2O3. The number of rotatable bonds is 8. The Morgan fingerprint density at radius 1 is 1.35 bits per heavy atom. The standard InChI is InChI=1S/C15H24N2O3/c1-4-15(5-2,11-18)10-16-9-13-7-6-12(3)14(8-13)17(19)20/h6-8,16,18H,4-5,9-11H2,1-3H3.